The molecule has 0 saturated carbocycles. The summed E-state index contributed by atoms with van der Waals surface area (Å²) >= 11 is 9.89. The minimum absolute atomic E-state index is 0.339. The number of para-hydroxylation sites is 2. The van der Waals surface area contributed by atoms with E-state index in [1.807, 2.05) is 102 Å². The molecule has 0 aliphatic heterocycles. The Morgan fingerprint density at radius 2 is 1.45 bits per heavy atom. The fraction of sp³-hybridized carbons (Fsp3) is 0.0741. The lowest BCUT2D eigenvalue weighted by atomic mass is 10.2. The SMILES string of the molecule is COc1cc(C=NN(c2ccccc2)c2ccccc2)c(Br)cc1OCc1ccccc1Cl. The Kier molecular flexibility index (Phi) is 7.66. The van der Waals surface area contributed by atoms with Crippen LogP contribution in [-0.4, -0.2) is 13.3 Å². The van der Waals surface area contributed by atoms with Crippen molar-refractivity contribution >= 4 is 45.1 Å². The number of anilines is 2. The molecule has 0 atom stereocenters. The fourth-order valence-electron chi connectivity index (χ4n) is 3.23. The second kappa shape index (κ2) is 11.0. The molecule has 4 aromatic rings. The van der Waals surface area contributed by atoms with E-state index < -0.39 is 0 Å². The Morgan fingerprint density at radius 3 is 2.06 bits per heavy atom. The van der Waals surface area contributed by atoms with Gasteiger partial charge in [-0.15, -0.1) is 0 Å². The molecule has 4 aromatic carbocycles. The van der Waals surface area contributed by atoms with Crippen LogP contribution in [0, 0.1) is 0 Å². The highest BCUT2D eigenvalue weighted by Crippen LogP contribution is 2.34. The van der Waals surface area contributed by atoms with Gasteiger partial charge < -0.3 is 9.47 Å². The van der Waals surface area contributed by atoms with Crippen molar-refractivity contribution in [2.45, 2.75) is 6.61 Å². The van der Waals surface area contributed by atoms with Gasteiger partial charge in [0.2, 0.25) is 0 Å². The molecule has 0 unspecified atom stereocenters. The number of ether oxygens (including phenoxy) is 2. The number of methoxy groups -OCH3 is 1. The summed E-state index contributed by atoms with van der Waals surface area (Å²) in [5, 5.41) is 7.33. The summed E-state index contributed by atoms with van der Waals surface area (Å²) in [6, 6.07) is 31.4. The molecule has 0 bridgehead atoms. The van der Waals surface area contributed by atoms with E-state index in [9.17, 15) is 0 Å². The minimum atomic E-state index is 0.339. The molecule has 0 aliphatic carbocycles. The number of nitrogens with zero attached hydrogens (tertiary/aromatic N) is 2. The van der Waals surface area contributed by atoms with Gasteiger partial charge in [-0.1, -0.05) is 66.2 Å². The largest absolute Gasteiger partial charge is 0.493 e. The van der Waals surface area contributed by atoms with Crippen LogP contribution in [-0.2, 0) is 6.61 Å². The van der Waals surface area contributed by atoms with E-state index in [2.05, 4.69) is 15.9 Å². The third kappa shape index (κ3) is 5.75. The molecular weight excluding hydrogens is 500 g/mol. The van der Waals surface area contributed by atoms with Gasteiger partial charge in [0, 0.05) is 20.6 Å². The van der Waals surface area contributed by atoms with E-state index in [1.165, 1.54) is 0 Å². The minimum Gasteiger partial charge on any atom is -0.493 e. The van der Waals surface area contributed by atoms with E-state index >= 15 is 0 Å². The van der Waals surface area contributed by atoms with E-state index in [0.29, 0.717) is 23.1 Å². The Bertz CT molecular complexity index is 1190. The van der Waals surface area contributed by atoms with Crippen LogP contribution >= 0.6 is 27.5 Å². The zero-order chi connectivity index (χ0) is 23.0. The highest BCUT2D eigenvalue weighted by atomic mass is 79.9. The highest BCUT2D eigenvalue weighted by molar-refractivity contribution is 9.10. The van der Waals surface area contributed by atoms with E-state index in [4.69, 9.17) is 26.2 Å². The maximum atomic E-state index is 6.25. The Labute approximate surface area is 207 Å². The summed E-state index contributed by atoms with van der Waals surface area (Å²) in [6.45, 7) is 0.339. The maximum Gasteiger partial charge on any atom is 0.162 e. The van der Waals surface area contributed by atoms with Gasteiger partial charge in [-0.3, -0.25) is 0 Å². The Hall–Kier alpha value is -3.28. The van der Waals surface area contributed by atoms with Crippen LogP contribution in [0.25, 0.3) is 0 Å². The lowest BCUT2D eigenvalue weighted by Gasteiger charge is -2.19. The van der Waals surface area contributed by atoms with E-state index in [0.717, 1.165) is 27.0 Å². The molecule has 0 heterocycles. The predicted molar refractivity (Wildman–Crippen MR) is 139 cm³/mol. The van der Waals surface area contributed by atoms with Gasteiger partial charge in [0.15, 0.2) is 11.5 Å². The molecule has 0 saturated heterocycles. The van der Waals surface area contributed by atoms with Crippen molar-refractivity contribution in [1.29, 1.82) is 0 Å². The van der Waals surface area contributed by atoms with Crippen LogP contribution < -0.4 is 14.5 Å². The molecule has 4 nitrogen and oxygen atoms in total. The summed E-state index contributed by atoms with van der Waals surface area (Å²) in [7, 11) is 1.62. The van der Waals surface area contributed by atoms with E-state index in [1.54, 1.807) is 13.3 Å². The quantitative estimate of drug-likeness (QED) is 0.175. The average Bonchev–Trinajstić information content (AvgIpc) is 2.86. The van der Waals surface area contributed by atoms with Gasteiger partial charge in [0.25, 0.3) is 0 Å². The van der Waals surface area contributed by atoms with Gasteiger partial charge in [0.1, 0.15) is 6.61 Å². The first-order valence-electron chi connectivity index (χ1n) is 10.3. The van der Waals surface area contributed by atoms with Crippen LogP contribution in [0.2, 0.25) is 5.02 Å². The summed E-state index contributed by atoms with van der Waals surface area (Å²) in [5.74, 6) is 1.22. The lowest BCUT2D eigenvalue weighted by molar-refractivity contribution is 0.284. The number of hydrogen-bond donors (Lipinski definition) is 0. The third-order valence-corrected chi connectivity index (χ3v) is 5.99. The van der Waals surface area contributed by atoms with Crippen molar-refractivity contribution in [3.05, 3.63) is 118 Å². The smallest absolute Gasteiger partial charge is 0.162 e. The van der Waals surface area contributed by atoms with Crippen LogP contribution in [0.1, 0.15) is 11.1 Å². The fourth-order valence-corrected chi connectivity index (χ4v) is 3.85. The standard InChI is InChI=1S/C27H22BrClN2O2/c1-32-26-16-21(24(28)17-27(26)33-19-20-10-8-9-15-25(20)29)18-30-31(22-11-4-2-5-12-22)23-13-6-3-7-14-23/h2-18H,19H2,1H3. The van der Waals surface area contributed by atoms with Gasteiger partial charge in [-0.2, -0.15) is 5.10 Å². The molecule has 0 amide bonds. The maximum absolute atomic E-state index is 6.25. The second-order valence-corrected chi connectivity index (χ2v) is 8.39. The topological polar surface area (TPSA) is 34.1 Å². The summed E-state index contributed by atoms with van der Waals surface area (Å²) in [4.78, 5) is 0. The first-order chi connectivity index (χ1) is 16.2. The molecule has 0 N–H and O–H groups in total. The van der Waals surface area contributed by atoms with Crippen molar-refractivity contribution in [3.8, 4) is 11.5 Å². The molecule has 0 fully saturated rings. The number of hydrazone groups is 1. The van der Waals surface area contributed by atoms with Crippen LogP contribution in [0.15, 0.2) is 107 Å². The van der Waals surface area contributed by atoms with E-state index in [-0.39, 0.29) is 0 Å². The molecule has 0 spiro atoms. The predicted octanol–water partition coefficient (Wildman–Crippen LogP) is 7.86. The van der Waals surface area contributed by atoms with Crippen molar-refractivity contribution in [2.24, 2.45) is 5.10 Å². The monoisotopic (exact) mass is 520 g/mol. The van der Waals surface area contributed by atoms with Crippen molar-refractivity contribution < 1.29 is 9.47 Å². The molecule has 4 rings (SSSR count). The Morgan fingerprint density at radius 1 is 0.848 bits per heavy atom. The zero-order valence-electron chi connectivity index (χ0n) is 18.0. The highest BCUT2D eigenvalue weighted by Gasteiger charge is 2.12. The van der Waals surface area contributed by atoms with Crippen LogP contribution in [0.4, 0.5) is 11.4 Å². The third-order valence-electron chi connectivity index (χ3n) is 4.94. The summed E-state index contributed by atoms with van der Waals surface area (Å²) in [6.07, 6.45) is 1.80. The number of hydrogen-bond acceptors (Lipinski definition) is 4. The van der Waals surface area contributed by atoms with Gasteiger partial charge in [0.05, 0.1) is 24.7 Å². The van der Waals surface area contributed by atoms with Gasteiger partial charge >= 0.3 is 0 Å². The van der Waals surface area contributed by atoms with Gasteiger partial charge in [-0.25, -0.2) is 5.01 Å². The number of benzene rings is 4. The summed E-state index contributed by atoms with van der Waals surface area (Å²) < 4.78 is 12.4. The number of halogens is 2. The number of rotatable bonds is 8. The lowest BCUT2D eigenvalue weighted by Crippen LogP contribution is -2.09. The second-order valence-electron chi connectivity index (χ2n) is 7.13. The Balaban J connectivity index is 1.61. The molecule has 6 heteroatoms. The van der Waals surface area contributed by atoms with Gasteiger partial charge in [-0.05, 0) is 58.4 Å². The van der Waals surface area contributed by atoms with Crippen LogP contribution in [0.3, 0.4) is 0 Å². The van der Waals surface area contributed by atoms with Crippen molar-refractivity contribution in [1.82, 2.24) is 0 Å². The van der Waals surface area contributed by atoms with Crippen molar-refractivity contribution in [2.75, 3.05) is 12.1 Å². The zero-order valence-corrected chi connectivity index (χ0v) is 20.3. The summed E-state index contributed by atoms with van der Waals surface area (Å²) in [5.41, 5.74) is 3.68. The molecular formula is C27H22BrClN2O2. The van der Waals surface area contributed by atoms with Crippen LogP contribution in [0.5, 0.6) is 11.5 Å². The molecule has 0 radical (unpaired) electrons. The molecule has 0 aromatic heterocycles. The normalized spacial score (nSPS) is 10.9. The average molecular weight is 522 g/mol. The first kappa shape index (κ1) is 22.9. The molecule has 0 aliphatic rings. The molecule has 33 heavy (non-hydrogen) atoms. The molecule has 166 valence electrons. The van der Waals surface area contributed by atoms with Crippen molar-refractivity contribution in [3.63, 3.8) is 0 Å². The first-order valence-corrected chi connectivity index (χ1v) is 11.5.